The van der Waals surface area contributed by atoms with Crippen molar-refractivity contribution in [2.45, 2.75) is 13.3 Å². The molecule has 0 fully saturated rings. The van der Waals surface area contributed by atoms with E-state index in [0.29, 0.717) is 5.57 Å². The summed E-state index contributed by atoms with van der Waals surface area (Å²) in [6.07, 6.45) is 1.00. The van der Waals surface area contributed by atoms with Gasteiger partial charge in [-0.1, -0.05) is 6.58 Å². The van der Waals surface area contributed by atoms with E-state index in [1.54, 1.807) is 6.92 Å². The van der Waals surface area contributed by atoms with E-state index in [0.717, 1.165) is 24.0 Å². The molecule has 0 atom stereocenters. The Labute approximate surface area is 88.4 Å². The first-order valence-electron chi connectivity index (χ1n) is 4.57. The highest BCUT2D eigenvalue weighted by molar-refractivity contribution is 5.91. The number of carbonyl (C=O) groups excluding carboxylic acids is 1. The van der Waals surface area contributed by atoms with Crippen LogP contribution in [0.5, 0.6) is 0 Å². The molecular weight excluding hydrogens is 176 g/mol. The van der Waals surface area contributed by atoms with Crippen LogP contribution in [0.2, 0.25) is 0 Å². The summed E-state index contributed by atoms with van der Waals surface area (Å²) in [6.45, 7) is 7.09. The van der Waals surface area contributed by atoms with E-state index in [4.69, 9.17) is 0 Å². The third-order valence-corrected chi connectivity index (χ3v) is 1.68. The predicted octanol–water partition coefficient (Wildman–Crippen LogP) is 1.23. The third-order valence-electron chi connectivity index (χ3n) is 1.68. The molecule has 84 valence electrons. The van der Waals surface area contributed by atoms with Crippen LogP contribution in [0.3, 0.4) is 0 Å². The van der Waals surface area contributed by atoms with Gasteiger partial charge in [-0.3, -0.25) is 4.79 Å². The molecule has 0 aromatic carbocycles. The van der Waals surface area contributed by atoms with E-state index in [1.165, 1.54) is 0 Å². The second-order valence-electron chi connectivity index (χ2n) is 4.40. The van der Waals surface area contributed by atoms with Gasteiger partial charge in [0.05, 0.1) is 27.7 Å². The van der Waals surface area contributed by atoms with Crippen molar-refractivity contribution >= 4 is 5.91 Å². The number of hydrogen-bond donors (Lipinski definition) is 1. The second kappa shape index (κ2) is 6.60. The van der Waals surface area contributed by atoms with Gasteiger partial charge in [0.15, 0.2) is 0 Å². The minimum Gasteiger partial charge on any atom is -0.358 e. The summed E-state index contributed by atoms with van der Waals surface area (Å²) >= 11 is 0. The van der Waals surface area contributed by atoms with E-state index < -0.39 is 0 Å². The van der Waals surface area contributed by atoms with Crippen LogP contribution < -0.4 is 5.32 Å². The number of quaternary nitrogens is 1. The average molecular weight is 200 g/mol. The normalized spacial score (nSPS) is 10.3. The fraction of sp³-hybridized carbons (Fsp3) is 0.636. The summed E-state index contributed by atoms with van der Waals surface area (Å²) in [6, 6.07) is 0. The standard InChI is InChI=1S/C10H20N2O.CH3/c1-9(2)10(13)11-7-6-8-12(3,4)5;/h1,6-8H2,2-5H3;1H3/q;-1/p+1. The molecule has 0 bridgehead atoms. The average Bonchev–Trinajstić information content (AvgIpc) is 1.95. The lowest BCUT2D eigenvalue weighted by Gasteiger charge is -2.23. The van der Waals surface area contributed by atoms with Crippen molar-refractivity contribution in [3.63, 3.8) is 0 Å². The lowest BCUT2D eigenvalue weighted by molar-refractivity contribution is -0.870. The van der Waals surface area contributed by atoms with Gasteiger partial charge in [-0.25, -0.2) is 0 Å². The van der Waals surface area contributed by atoms with Gasteiger partial charge in [0.25, 0.3) is 0 Å². The predicted molar refractivity (Wildman–Crippen MR) is 61.8 cm³/mol. The Morgan fingerprint density at radius 2 is 1.86 bits per heavy atom. The van der Waals surface area contributed by atoms with E-state index in [1.807, 2.05) is 0 Å². The molecule has 3 nitrogen and oxygen atoms in total. The molecule has 3 heteroatoms. The molecule has 0 aromatic heterocycles. The molecule has 0 aromatic rings. The zero-order chi connectivity index (χ0) is 10.5. The van der Waals surface area contributed by atoms with Gasteiger partial charge in [-0.2, -0.15) is 0 Å². The van der Waals surface area contributed by atoms with E-state index in [9.17, 15) is 4.79 Å². The lowest BCUT2D eigenvalue weighted by atomic mass is 10.3. The molecule has 0 radical (unpaired) electrons. The van der Waals surface area contributed by atoms with Gasteiger partial charge in [0.1, 0.15) is 0 Å². The first kappa shape index (κ1) is 15.6. The van der Waals surface area contributed by atoms with Crippen LogP contribution >= 0.6 is 0 Å². The molecule has 1 N–H and O–H groups in total. The summed E-state index contributed by atoms with van der Waals surface area (Å²) < 4.78 is 0.933. The quantitative estimate of drug-likeness (QED) is 0.307. The van der Waals surface area contributed by atoms with E-state index in [2.05, 4.69) is 33.0 Å². The number of carbonyl (C=O) groups is 1. The van der Waals surface area contributed by atoms with Gasteiger partial charge in [-0.15, -0.1) is 0 Å². The van der Waals surface area contributed by atoms with Crippen LogP contribution in [0.15, 0.2) is 12.2 Å². The Balaban J connectivity index is 0. The van der Waals surface area contributed by atoms with Gasteiger partial charge in [0, 0.05) is 18.5 Å². The number of nitrogens with one attached hydrogen (secondary N) is 1. The smallest absolute Gasteiger partial charge is 0.246 e. The minimum absolute atomic E-state index is 0. The largest absolute Gasteiger partial charge is 0.358 e. The number of amides is 1. The molecule has 0 saturated heterocycles. The first-order valence-corrected chi connectivity index (χ1v) is 4.57. The molecular formula is C11H24N2O. The lowest BCUT2D eigenvalue weighted by Crippen LogP contribution is -2.37. The van der Waals surface area contributed by atoms with Crippen LogP contribution in [-0.2, 0) is 4.79 Å². The highest BCUT2D eigenvalue weighted by Gasteiger charge is 2.06. The van der Waals surface area contributed by atoms with Gasteiger partial charge in [-0.05, 0) is 6.92 Å². The van der Waals surface area contributed by atoms with Crippen molar-refractivity contribution in [2.75, 3.05) is 34.2 Å². The van der Waals surface area contributed by atoms with Gasteiger partial charge >= 0.3 is 0 Å². The minimum atomic E-state index is -0.0404. The van der Waals surface area contributed by atoms with Crippen LogP contribution in [0.4, 0.5) is 0 Å². The molecule has 0 unspecified atom stereocenters. The Morgan fingerprint density at radius 3 is 2.21 bits per heavy atom. The Bertz CT molecular complexity index is 192. The van der Waals surface area contributed by atoms with Crippen molar-refractivity contribution < 1.29 is 9.28 Å². The van der Waals surface area contributed by atoms with Crippen LogP contribution in [0.1, 0.15) is 13.3 Å². The molecule has 0 heterocycles. The van der Waals surface area contributed by atoms with Crippen molar-refractivity contribution in [3.05, 3.63) is 19.6 Å². The monoisotopic (exact) mass is 200 g/mol. The van der Waals surface area contributed by atoms with Crippen LogP contribution in [-0.4, -0.2) is 44.6 Å². The highest BCUT2D eigenvalue weighted by Crippen LogP contribution is 1.92. The number of hydrogen-bond acceptors (Lipinski definition) is 1. The number of rotatable bonds is 5. The van der Waals surface area contributed by atoms with E-state index >= 15 is 0 Å². The summed E-state index contributed by atoms with van der Waals surface area (Å²) in [5.74, 6) is -0.0404. The topological polar surface area (TPSA) is 29.1 Å². The fourth-order valence-corrected chi connectivity index (χ4v) is 0.906. The molecule has 0 aliphatic carbocycles. The number of nitrogens with zero attached hydrogens (tertiary/aromatic N) is 1. The maximum Gasteiger partial charge on any atom is 0.246 e. The van der Waals surface area contributed by atoms with Crippen molar-refractivity contribution in [2.24, 2.45) is 0 Å². The van der Waals surface area contributed by atoms with Gasteiger partial charge < -0.3 is 17.2 Å². The maximum atomic E-state index is 11.1. The first-order chi connectivity index (χ1) is 5.83. The zero-order valence-corrected chi connectivity index (χ0v) is 10.2. The molecule has 14 heavy (non-hydrogen) atoms. The molecule has 0 aliphatic heterocycles. The Hall–Kier alpha value is -0.830. The zero-order valence-electron chi connectivity index (χ0n) is 10.2. The van der Waals surface area contributed by atoms with Gasteiger partial charge in [0.2, 0.25) is 5.91 Å². The molecule has 0 saturated carbocycles. The van der Waals surface area contributed by atoms with Crippen molar-refractivity contribution in [1.82, 2.24) is 5.32 Å². The second-order valence-corrected chi connectivity index (χ2v) is 4.40. The highest BCUT2D eigenvalue weighted by atomic mass is 16.1. The van der Waals surface area contributed by atoms with Crippen LogP contribution in [0.25, 0.3) is 0 Å². The summed E-state index contributed by atoms with van der Waals surface area (Å²) in [5.41, 5.74) is 0.574. The summed E-state index contributed by atoms with van der Waals surface area (Å²) in [7, 11) is 6.42. The SMILES string of the molecule is C=C(C)C(=O)NCCC[N+](C)(C)C.[CH3-]. The summed E-state index contributed by atoms with van der Waals surface area (Å²) in [4.78, 5) is 11.1. The maximum absolute atomic E-state index is 11.1. The Morgan fingerprint density at radius 1 is 1.36 bits per heavy atom. The molecule has 0 rings (SSSR count). The van der Waals surface area contributed by atoms with Crippen molar-refractivity contribution in [1.29, 1.82) is 0 Å². The molecule has 0 spiro atoms. The summed E-state index contributed by atoms with van der Waals surface area (Å²) in [5, 5.41) is 2.81. The van der Waals surface area contributed by atoms with E-state index in [-0.39, 0.29) is 13.3 Å². The fourth-order valence-electron chi connectivity index (χ4n) is 0.906. The van der Waals surface area contributed by atoms with Crippen LogP contribution in [0, 0.1) is 7.43 Å². The van der Waals surface area contributed by atoms with Crippen molar-refractivity contribution in [3.8, 4) is 0 Å². The molecule has 0 aliphatic rings. The Kier molecular flexibility index (Phi) is 7.37. The molecule has 1 amide bonds. The third kappa shape index (κ3) is 9.26.